The lowest BCUT2D eigenvalue weighted by Crippen LogP contribution is -2.44. The van der Waals surface area contributed by atoms with Gasteiger partial charge >= 0.3 is 0 Å². The Morgan fingerprint density at radius 1 is 1.65 bits per heavy atom. The average Bonchev–Trinajstić information content (AvgIpc) is 2.86. The lowest BCUT2D eigenvalue weighted by atomic mass is 9.97. The van der Waals surface area contributed by atoms with Crippen LogP contribution in [0.4, 0.5) is 0 Å². The predicted molar refractivity (Wildman–Crippen MR) is 74.3 cm³/mol. The molecule has 0 saturated carbocycles. The predicted octanol–water partition coefficient (Wildman–Crippen LogP) is 1.42. The average molecular weight is 281 g/mol. The SMILES string of the molecule is COc1cc(CN2CCC[C@@H](C(=O)NC(C)C)C2)on1. The van der Waals surface area contributed by atoms with Crippen molar-refractivity contribution in [1.29, 1.82) is 0 Å². The number of rotatable bonds is 5. The van der Waals surface area contributed by atoms with E-state index in [9.17, 15) is 4.79 Å². The maximum absolute atomic E-state index is 12.1. The van der Waals surface area contributed by atoms with Gasteiger partial charge in [0.2, 0.25) is 5.91 Å². The Labute approximate surface area is 119 Å². The largest absolute Gasteiger partial charge is 0.479 e. The zero-order chi connectivity index (χ0) is 14.5. The molecule has 1 aliphatic heterocycles. The quantitative estimate of drug-likeness (QED) is 0.884. The minimum absolute atomic E-state index is 0.0657. The maximum Gasteiger partial charge on any atom is 0.254 e. The van der Waals surface area contributed by atoms with Crippen LogP contribution in [0.3, 0.4) is 0 Å². The molecule has 6 heteroatoms. The molecule has 0 aromatic carbocycles. The molecular formula is C14H23N3O3. The van der Waals surface area contributed by atoms with Gasteiger partial charge in [-0.15, -0.1) is 0 Å². The second-order valence-electron chi connectivity index (χ2n) is 5.57. The fourth-order valence-electron chi connectivity index (χ4n) is 2.50. The molecule has 2 heterocycles. The van der Waals surface area contributed by atoms with Gasteiger partial charge in [-0.2, -0.15) is 0 Å². The van der Waals surface area contributed by atoms with Crippen molar-refractivity contribution in [2.24, 2.45) is 5.92 Å². The summed E-state index contributed by atoms with van der Waals surface area (Å²) in [5.41, 5.74) is 0. The first kappa shape index (κ1) is 14.8. The van der Waals surface area contributed by atoms with E-state index in [0.29, 0.717) is 12.4 Å². The van der Waals surface area contributed by atoms with Gasteiger partial charge in [-0.25, -0.2) is 0 Å². The Balaban J connectivity index is 1.88. The van der Waals surface area contributed by atoms with Crippen molar-refractivity contribution in [3.63, 3.8) is 0 Å². The van der Waals surface area contributed by atoms with Crippen LogP contribution < -0.4 is 10.1 Å². The Kier molecular flexibility index (Phi) is 5.00. The first-order valence-corrected chi connectivity index (χ1v) is 7.10. The second kappa shape index (κ2) is 6.74. The Morgan fingerprint density at radius 2 is 2.45 bits per heavy atom. The first-order chi connectivity index (χ1) is 9.58. The molecule has 1 saturated heterocycles. The van der Waals surface area contributed by atoms with Crippen molar-refractivity contribution in [2.45, 2.75) is 39.3 Å². The molecular weight excluding hydrogens is 258 g/mol. The standard InChI is InChI=1S/C14H23N3O3/c1-10(2)15-14(18)11-5-4-6-17(8-11)9-12-7-13(19-3)16-20-12/h7,10-11H,4-6,8-9H2,1-3H3,(H,15,18)/t11-/m1/s1. The van der Waals surface area contributed by atoms with Gasteiger partial charge in [0.15, 0.2) is 5.76 Å². The van der Waals surface area contributed by atoms with E-state index in [4.69, 9.17) is 9.26 Å². The van der Waals surface area contributed by atoms with Crippen LogP contribution in [0.5, 0.6) is 5.88 Å². The lowest BCUT2D eigenvalue weighted by Gasteiger charge is -2.31. The van der Waals surface area contributed by atoms with Gasteiger partial charge in [0.1, 0.15) is 0 Å². The normalized spacial score (nSPS) is 20.1. The van der Waals surface area contributed by atoms with Gasteiger partial charge in [0, 0.05) is 18.7 Å². The molecule has 1 aromatic rings. The molecule has 112 valence electrons. The molecule has 2 rings (SSSR count). The van der Waals surface area contributed by atoms with Gasteiger partial charge < -0.3 is 14.6 Å². The van der Waals surface area contributed by atoms with Crippen molar-refractivity contribution in [2.75, 3.05) is 20.2 Å². The summed E-state index contributed by atoms with van der Waals surface area (Å²) in [4.78, 5) is 14.3. The van der Waals surface area contributed by atoms with Crippen molar-refractivity contribution < 1.29 is 14.1 Å². The van der Waals surface area contributed by atoms with Crippen LogP contribution in [0, 0.1) is 5.92 Å². The number of methoxy groups -OCH3 is 1. The number of carbonyl (C=O) groups is 1. The molecule has 0 radical (unpaired) electrons. The highest BCUT2D eigenvalue weighted by molar-refractivity contribution is 5.79. The second-order valence-corrected chi connectivity index (χ2v) is 5.57. The number of amides is 1. The van der Waals surface area contributed by atoms with Crippen LogP contribution in [-0.4, -0.2) is 42.2 Å². The van der Waals surface area contributed by atoms with E-state index >= 15 is 0 Å². The number of likely N-dealkylation sites (tertiary alicyclic amines) is 1. The van der Waals surface area contributed by atoms with Gasteiger partial charge in [0.25, 0.3) is 5.88 Å². The van der Waals surface area contributed by atoms with Crippen LogP contribution in [-0.2, 0) is 11.3 Å². The fourth-order valence-corrected chi connectivity index (χ4v) is 2.50. The van der Waals surface area contributed by atoms with Crippen LogP contribution in [0.1, 0.15) is 32.4 Å². The summed E-state index contributed by atoms with van der Waals surface area (Å²) >= 11 is 0. The minimum Gasteiger partial charge on any atom is -0.479 e. The Morgan fingerprint density at radius 3 is 3.10 bits per heavy atom. The van der Waals surface area contributed by atoms with Crippen molar-refractivity contribution in [3.05, 3.63) is 11.8 Å². The molecule has 1 fully saturated rings. The lowest BCUT2D eigenvalue weighted by molar-refractivity contribution is -0.127. The van der Waals surface area contributed by atoms with Gasteiger partial charge in [0.05, 0.1) is 19.6 Å². The molecule has 1 atom stereocenters. The minimum atomic E-state index is 0.0657. The number of hydrogen-bond acceptors (Lipinski definition) is 5. The molecule has 20 heavy (non-hydrogen) atoms. The highest BCUT2D eigenvalue weighted by Crippen LogP contribution is 2.20. The number of nitrogens with one attached hydrogen (secondary N) is 1. The summed E-state index contributed by atoms with van der Waals surface area (Å²) in [6.45, 7) is 6.39. The summed E-state index contributed by atoms with van der Waals surface area (Å²) in [5, 5.41) is 6.78. The molecule has 1 N–H and O–H groups in total. The molecule has 1 aliphatic rings. The highest BCUT2D eigenvalue weighted by Gasteiger charge is 2.26. The Hall–Kier alpha value is -1.56. The van der Waals surface area contributed by atoms with Crippen molar-refractivity contribution in [3.8, 4) is 5.88 Å². The number of ether oxygens (including phenoxy) is 1. The van der Waals surface area contributed by atoms with Gasteiger partial charge in [-0.05, 0) is 38.4 Å². The maximum atomic E-state index is 12.1. The first-order valence-electron chi connectivity index (χ1n) is 7.10. The molecule has 0 unspecified atom stereocenters. The summed E-state index contributed by atoms with van der Waals surface area (Å²) < 4.78 is 10.2. The van der Waals surface area contributed by atoms with Crippen LogP contribution >= 0.6 is 0 Å². The van der Waals surface area contributed by atoms with Crippen molar-refractivity contribution in [1.82, 2.24) is 15.4 Å². The molecule has 6 nitrogen and oxygen atoms in total. The zero-order valence-electron chi connectivity index (χ0n) is 12.4. The summed E-state index contributed by atoms with van der Waals surface area (Å²) in [5.74, 6) is 1.48. The van der Waals surface area contributed by atoms with Crippen LogP contribution in [0.25, 0.3) is 0 Å². The molecule has 0 bridgehead atoms. The summed E-state index contributed by atoms with van der Waals surface area (Å²) in [7, 11) is 1.56. The molecule has 0 spiro atoms. The van der Waals surface area contributed by atoms with E-state index in [2.05, 4.69) is 15.4 Å². The molecule has 1 amide bonds. The monoisotopic (exact) mass is 281 g/mol. The number of aromatic nitrogens is 1. The summed E-state index contributed by atoms with van der Waals surface area (Å²) in [6.07, 6.45) is 1.98. The fraction of sp³-hybridized carbons (Fsp3) is 0.714. The Bertz CT molecular complexity index is 445. The van der Waals surface area contributed by atoms with Crippen LogP contribution in [0.2, 0.25) is 0 Å². The van der Waals surface area contributed by atoms with Gasteiger partial charge in [-0.3, -0.25) is 9.69 Å². The van der Waals surface area contributed by atoms with E-state index < -0.39 is 0 Å². The number of hydrogen-bond donors (Lipinski definition) is 1. The molecule has 1 aromatic heterocycles. The topological polar surface area (TPSA) is 67.6 Å². The van der Waals surface area contributed by atoms with Crippen molar-refractivity contribution >= 4 is 5.91 Å². The third-order valence-corrected chi connectivity index (χ3v) is 3.43. The van der Waals surface area contributed by atoms with Gasteiger partial charge in [-0.1, -0.05) is 0 Å². The van der Waals surface area contributed by atoms with E-state index in [1.807, 2.05) is 13.8 Å². The third-order valence-electron chi connectivity index (χ3n) is 3.43. The highest BCUT2D eigenvalue weighted by atomic mass is 16.5. The smallest absolute Gasteiger partial charge is 0.254 e. The van der Waals surface area contributed by atoms with E-state index in [0.717, 1.165) is 31.7 Å². The molecule has 0 aliphatic carbocycles. The third kappa shape index (κ3) is 3.96. The number of piperidine rings is 1. The van der Waals surface area contributed by atoms with Crippen LogP contribution in [0.15, 0.2) is 10.6 Å². The summed E-state index contributed by atoms with van der Waals surface area (Å²) in [6, 6.07) is 1.98. The van der Waals surface area contributed by atoms with E-state index in [-0.39, 0.29) is 17.9 Å². The van der Waals surface area contributed by atoms with E-state index in [1.54, 1.807) is 13.2 Å². The number of carbonyl (C=O) groups excluding carboxylic acids is 1. The number of nitrogens with zero attached hydrogens (tertiary/aromatic N) is 2. The zero-order valence-corrected chi connectivity index (χ0v) is 12.4. The van der Waals surface area contributed by atoms with E-state index in [1.165, 1.54) is 0 Å².